The number of rotatable bonds is 1. The van der Waals surface area contributed by atoms with E-state index in [4.69, 9.17) is 10.7 Å². The molecule has 2 unspecified atom stereocenters. The topological polar surface area (TPSA) is 42.1 Å². The first-order valence-electron chi connectivity index (χ1n) is 7.79. The van der Waals surface area contributed by atoms with E-state index in [2.05, 4.69) is 4.90 Å². The standard InChI is InChI=1S/C15H23N3S/c16-15(8-10-18-9-4-3-7-13(15)18)14-17-11-5-1-2-6-12(11)19-14/h13H,1-10,16H2. The highest BCUT2D eigenvalue weighted by Gasteiger charge is 2.48. The van der Waals surface area contributed by atoms with Crippen molar-refractivity contribution in [3.63, 3.8) is 0 Å². The molecule has 0 aromatic carbocycles. The van der Waals surface area contributed by atoms with Crippen molar-refractivity contribution in [3.05, 3.63) is 15.6 Å². The summed E-state index contributed by atoms with van der Waals surface area (Å²) in [6.45, 7) is 2.42. The molecule has 1 aliphatic carbocycles. The lowest BCUT2D eigenvalue weighted by Crippen LogP contribution is -2.50. The molecule has 3 nitrogen and oxygen atoms in total. The number of nitrogens with zero attached hydrogens (tertiary/aromatic N) is 2. The molecule has 0 bridgehead atoms. The van der Waals surface area contributed by atoms with Crippen LogP contribution in [0.3, 0.4) is 0 Å². The van der Waals surface area contributed by atoms with Crippen LogP contribution >= 0.6 is 11.3 Å². The molecule has 0 amide bonds. The second-order valence-corrected chi connectivity index (χ2v) is 7.52. The fourth-order valence-corrected chi connectivity index (χ4v) is 5.47. The van der Waals surface area contributed by atoms with Crippen LogP contribution in [0.2, 0.25) is 0 Å². The molecule has 4 rings (SSSR count). The first-order chi connectivity index (χ1) is 9.27. The number of hydrogen-bond donors (Lipinski definition) is 1. The van der Waals surface area contributed by atoms with Crippen LogP contribution in [0.1, 0.15) is 54.1 Å². The molecule has 0 spiro atoms. The van der Waals surface area contributed by atoms with E-state index in [0.717, 1.165) is 6.42 Å². The first kappa shape index (κ1) is 12.3. The van der Waals surface area contributed by atoms with Gasteiger partial charge in [0, 0.05) is 17.5 Å². The third-order valence-corrected chi connectivity index (χ3v) is 6.62. The summed E-state index contributed by atoms with van der Waals surface area (Å²) in [5, 5.41) is 1.24. The van der Waals surface area contributed by atoms with E-state index in [1.165, 1.54) is 73.6 Å². The number of hydrogen-bond acceptors (Lipinski definition) is 4. The Morgan fingerprint density at radius 3 is 2.95 bits per heavy atom. The fraction of sp³-hybridized carbons (Fsp3) is 0.800. The maximum Gasteiger partial charge on any atom is 0.115 e. The number of aryl methyl sites for hydroxylation is 2. The average Bonchev–Trinajstić information content (AvgIpc) is 3.02. The molecule has 1 aromatic heterocycles. The van der Waals surface area contributed by atoms with Crippen LogP contribution in [0.15, 0.2) is 0 Å². The Balaban J connectivity index is 1.68. The highest BCUT2D eigenvalue weighted by molar-refractivity contribution is 7.11. The normalized spacial score (nSPS) is 35.1. The number of nitrogens with two attached hydrogens (primary N) is 1. The Bertz CT molecular complexity index is 460. The SMILES string of the molecule is NC1(c2nc3c(s2)CCCC3)CCN2CCCCC21. The number of aromatic nitrogens is 1. The van der Waals surface area contributed by atoms with Crippen LogP contribution in [0, 0.1) is 0 Å². The van der Waals surface area contributed by atoms with Gasteiger partial charge in [-0.05, 0) is 51.5 Å². The third kappa shape index (κ3) is 1.88. The predicted octanol–water partition coefficient (Wildman–Crippen LogP) is 2.43. The van der Waals surface area contributed by atoms with Crippen molar-refractivity contribution >= 4 is 11.3 Å². The lowest BCUT2D eigenvalue weighted by atomic mass is 9.87. The van der Waals surface area contributed by atoms with E-state index in [0.29, 0.717) is 6.04 Å². The Labute approximate surface area is 119 Å². The zero-order chi connectivity index (χ0) is 12.9. The average molecular weight is 277 g/mol. The molecule has 2 N–H and O–H groups in total. The molecule has 2 saturated heterocycles. The van der Waals surface area contributed by atoms with Crippen molar-refractivity contribution in [2.45, 2.75) is 62.9 Å². The van der Waals surface area contributed by atoms with Gasteiger partial charge in [0.1, 0.15) is 5.01 Å². The lowest BCUT2D eigenvalue weighted by Gasteiger charge is -2.37. The van der Waals surface area contributed by atoms with Crippen LogP contribution in [0.5, 0.6) is 0 Å². The van der Waals surface area contributed by atoms with Gasteiger partial charge in [-0.25, -0.2) is 4.98 Å². The molecule has 4 heteroatoms. The van der Waals surface area contributed by atoms with Gasteiger partial charge in [-0.3, -0.25) is 4.90 Å². The maximum absolute atomic E-state index is 6.85. The van der Waals surface area contributed by atoms with Crippen molar-refractivity contribution in [1.82, 2.24) is 9.88 Å². The smallest absolute Gasteiger partial charge is 0.115 e. The molecule has 0 radical (unpaired) electrons. The van der Waals surface area contributed by atoms with Gasteiger partial charge in [0.15, 0.2) is 0 Å². The van der Waals surface area contributed by atoms with Crippen LogP contribution < -0.4 is 5.73 Å². The zero-order valence-corrected chi connectivity index (χ0v) is 12.3. The minimum absolute atomic E-state index is 0.150. The Morgan fingerprint density at radius 2 is 2.05 bits per heavy atom. The van der Waals surface area contributed by atoms with Crippen molar-refractivity contribution in [2.75, 3.05) is 13.1 Å². The third-order valence-electron chi connectivity index (χ3n) is 5.26. The van der Waals surface area contributed by atoms with E-state index in [1.807, 2.05) is 11.3 Å². The Kier molecular flexibility index (Phi) is 2.94. The Hall–Kier alpha value is -0.450. The van der Waals surface area contributed by atoms with Gasteiger partial charge < -0.3 is 5.73 Å². The summed E-state index contributed by atoms with van der Waals surface area (Å²) in [5.41, 5.74) is 8.07. The monoisotopic (exact) mass is 277 g/mol. The quantitative estimate of drug-likeness (QED) is 0.857. The van der Waals surface area contributed by atoms with Crippen molar-refractivity contribution in [2.24, 2.45) is 5.73 Å². The van der Waals surface area contributed by atoms with Crippen LogP contribution in [0.4, 0.5) is 0 Å². The number of thiazole rings is 1. The summed E-state index contributed by atoms with van der Waals surface area (Å²) in [6.07, 6.45) is 10.1. The number of fused-ring (bicyclic) bond motifs is 2. The van der Waals surface area contributed by atoms with Crippen LogP contribution in [-0.4, -0.2) is 29.0 Å². The van der Waals surface area contributed by atoms with E-state index < -0.39 is 0 Å². The van der Waals surface area contributed by atoms with E-state index in [9.17, 15) is 0 Å². The van der Waals surface area contributed by atoms with Crippen molar-refractivity contribution in [3.8, 4) is 0 Å². The fourth-order valence-electron chi connectivity index (χ4n) is 4.14. The van der Waals surface area contributed by atoms with Crippen LogP contribution in [0.25, 0.3) is 0 Å². The van der Waals surface area contributed by atoms with Gasteiger partial charge in [-0.1, -0.05) is 6.42 Å². The van der Waals surface area contributed by atoms with E-state index >= 15 is 0 Å². The lowest BCUT2D eigenvalue weighted by molar-refractivity contribution is 0.156. The highest BCUT2D eigenvalue weighted by atomic mass is 32.1. The molecule has 19 heavy (non-hydrogen) atoms. The van der Waals surface area contributed by atoms with Crippen LogP contribution in [-0.2, 0) is 18.4 Å². The molecule has 3 heterocycles. The molecule has 104 valence electrons. The Morgan fingerprint density at radius 1 is 1.16 bits per heavy atom. The van der Waals surface area contributed by atoms with E-state index in [1.54, 1.807) is 0 Å². The van der Waals surface area contributed by atoms with Gasteiger partial charge in [0.2, 0.25) is 0 Å². The maximum atomic E-state index is 6.85. The van der Waals surface area contributed by atoms with E-state index in [-0.39, 0.29) is 5.54 Å². The first-order valence-corrected chi connectivity index (χ1v) is 8.61. The summed E-state index contributed by atoms with van der Waals surface area (Å²) >= 11 is 1.92. The minimum atomic E-state index is -0.150. The summed E-state index contributed by atoms with van der Waals surface area (Å²) in [6, 6.07) is 0.550. The molecule has 1 aromatic rings. The predicted molar refractivity (Wildman–Crippen MR) is 78.5 cm³/mol. The highest BCUT2D eigenvalue weighted by Crippen LogP contribution is 2.43. The summed E-state index contributed by atoms with van der Waals surface area (Å²) in [5.74, 6) is 0. The van der Waals surface area contributed by atoms with Gasteiger partial charge in [-0.2, -0.15) is 0 Å². The van der Waals surface area contributed by atoms with Crippen molar-refractivity contribution < 1.29 is 0 Å². The van der Waals surface area contributed by atoms with Gasteiger partial charge in [0.05, 0.1) is 11.2 Å². The summed E-state index contributed by atoms with van der Waals surface area (Å²) < 4.78 is 0. The molecule has 2 atom stereocenters. The summed E-state index contributed by atoms with van der Waals surface area (Å²) in [4.78, 5) is 9.11. The molecule has 3 aliphatic rings. The minimum Gasteiger partial charge on any atom is -0.318 e. The second kappa shape index (κ2) is 4.54. The van der Waals surface area contributed by atoms with Gasteiger partial charge in [0.25, 0.3) is 0 Å². The van der Waals surface area contributed by atoms with Gasteiger partial charge in [-0.15, -0.1) is 11.3 Å². The molecular formula is C15H23N3S. The van der Waals surface area contributed by atoms with Gasteiger partial charge >= 0.3 is 0 Å². The molecular weight excluding hydrogens is 254 g/mol. The molecule has 2 aliphatic heterocycles. The second-order valence-electron chi connectivity index (χ2n) is 6.43. The molecule has 2 fully saturated rings. The van der Waals surface area contributed by atoms with Crippen molar-refractivity contribution in [1.29, 1.82) is 0 Å². The molecule has 0 saturated carbocycles. The zero-order valence-electron chi connectivity index (χ0n) is 11.5. The number of piperidine rings is 1. The largest absolute Gasteiger partial charge is 0.318 e. The summed E-state index contributed by atoms with van der Waals surface area (Å²) in [7, 11) is 0.